The van der Waals surface area contributed by atoms with Gasteiger partial charge in [0.1, 0.15) is 6.61 Å². The van der Waals surface area contributed by atoms with E-state index >= 15 is 0 Å². The number of nitrogens with zero attached hydrogens (tertiary/aromatic N) is 2. The predicted molar refractivity (Wildman–Crippen MR) is 139 cm³/mol. The number of carboxylic acid groups (broad SMARTS) is 2. The number of ether oxygens (including phenoxy) is 2. The number of nitrogens with one attached hydrogen (secondary N) is 1. The predicted octanol–water partition coefficient (Wildman–Crippen LogP) is 5.03. The molecule has 9 nitrogen and oxygen atoms in total. The summed E-state index contributed by atoms with van der Waals surface area (Å²) >= 11 is 3.67. The summed E-state index contributed by atoms with van der Waals surface area (Å²) in [6.07, 6.45) is 17.5. The first kappa shape index (κ1) is 26.6. The second-order valence-electron chi connectivity index (χ2n) is 7.63. The van der Waals surface area contributed by atoms with Gasteiger partial charge in [-0.2, -0.15) is 0 Å². The van der Waals surface area contributed by atoms with Crippen molar-refractivity contribution in [3.8, 4) is 11.5 Å². The van der Waals surface area contributed by atoms with Crippen LogP contribution in [0.25, 0.3) is 6.08 Å². The lowest BCUT2D eigenvalue weighted by Crippen LogP contribution is -2.27. The summed E-state index contributed by atoms with van der Waals surface area (Å²) in [5, 5.41) is 17.6. The zero-order valence-electron chi connectivity index (χ0n) is 19.6. The Bertz CT molecular complexity index is 1190. The van der Waals surface area contributed by atoms with E-state index in [-0.39, 0.29) is 0 Å². The van der Waals surface area contributed by atoms with Crippen molar-refractivity contribution in [1.82, 2.24) is 9.99 Å². The molecule has 2 aromatic rings. The highest BCUT2D eigenvalue weighted by molar-refractivity contribution is 9.10. The molecule has 0 fully saturated rings. The van der Waals surface area contributed by atoms with Crippen molar-refractivity contribution in [1.29, 1.82) is 0 Å². The van der Waals surface area contributed by atoms with Crippen molar-refractivity contribution in [2.75, 3.05) is 19.1 Å². The molecule has 0 saturated heterocycles. The Morgan fingerprint density at radius 1 is 1.17 bits per heavy atom. The van der Waals surface area contributed by atoms with Gasteiger partial charge in [-0.3, -0.25) is 15.4 Å². The minimum absolute atomic E-state index is 0.530. The van der Waals surface area contributed by atoms with Gasteiger partial charge in [0.05, 0.1) is 19.3 Å². The summed E-state index contributed by atoms with van der Waals surface area (Å²) in [7, 11) is 1.67. The molecule has 3 N–H and O–H groups in total. The number of pyridine rings is 1. The number of benzene rings is 1. The molecule has 0 spiro atoms. The number of methoxy groups -OCH3 is 1. The molecule has 0 unspecified atom stereocenters. The highest BCUT2D eigenvalue weighted by Gasteiger charge is 2.22. The number of hydrogen-bond acceptors (Lipinski definition) is 7. The molecule has 1 aliphatic carbocycles. The lowest BCUT2D eigenvalue weighted by atomic mass is 10.0. The van der Waals surface area contributed by atoms with Crippen molar-refractivity contribution in [3.63, 3.8) is 0 Å². The first-order valence-corrected chi connectivity index (χ1v) is 11.8. The van der Waals surface area contributed by atoms with E-state index in [1.165, 1.54) is 5.57 Å². The van der Waals surface area contributed by atoms with E-state index in [2.05, 4.69) is 50.6 Å². The number of anilines is 1. The van der Waals surface area contributed by atoms with Crippen LogP contribution in [0.3, 0.4) is 0 Å². The molecule has 1 aliphatic heterocycles. The summed E-state index contributed by atoms with van der Waals surface area (Å²) in [4.78, 5) is 23.2. The quantitative estimate of drug-likeness (QED) is 0.385. The molecule has 36 heavy (non-hydrogen) atoms. The number of fused-ring (bicyclic) bond motifs is 1. The van der Waals surface area contributed by atoms with Crippen molar-refractivity contribution in [2.24, 2.45) is 0 Å². The van der Waals surface area contributed by atoms with Crippen LogP contribution >= 0.6 is 15.9 Å². The molecule has 188 valence electrons. The van der Waals surface area contributed by atoms with E-state index in [0.29, 0.717) is 25.3 Å². The van der Waals surface area contributed by atoms with Gasteiger partial charge in [0.25, 0.3) is 0 Å². The van der Waals surface area contributed by atoms with Gasteiger partial charge in [-0.15, -0.1) is 0 Å². The van der Waals surface area contributed by atoms with Crippen molar-refractivity contribution in [2.45, 2.75) is 19.4 Å². The number of hydrazine groups is 1. The Labute approximate surface area is 217 Å². The molecular weight excluding hydrogens is 530 g/mol. The Hall–Kier alpha value is -4.05. The lowest BCUT2D eigenvalue weighted by molar-refractivity contribution is -0.134. The van der Waals surface area contributed by atoms with Crippen LogP contribution < -0.4 is 14.9 Å². The minimum atomic E-state index is -1.26. The van der Waals surface area contributed by atoms with E-state index in [4.69, 9.17) is 19.7 Å². The molecule has 1 aromatic carbocycles. The van der Waals surface area contributed by atoms with E-state index in [0.717, 1.165) is 45.6 Å². The van der Waals surface area contributed by atoms with E-state index in [9.17, 15) is 9.59 Å². The number of aromatic nitrogens is 1. The van der Waals surface area contributed by atoms with Crippen molar-refractivity contribution < 1.29 is 29.3 Å². The fourth-order valence-corrected chi connectivity index (χ4v) is 4.03. The molecule has 1 aromatic heterocycles. The summed E-state index contributed by atoms with van der Waals surface area (Å²) in [6.45, 7) is 1.18. The van der Waals surface area contributed by atoms with Crippen LogP contribution in [-0.4, -0.2) is 45.9 Å². The van der Waals surface area contributed by atoms with Gasteiger partial charge < -0.3 is 19.7 Å². The summed E-state index contributed by atoms with van der Waals surface area (Å²) in [5.74, 6) is -1.00. The Morgan fingerprint density at radius 3 is 2.50 bits per heavy atom. The molecule has 2 aliphatic rings. The number of halogens is 1. The number of allylic oxidation sites excluding steroid dienone is 2. The van der Waals surface area contributed by atoms with Gasteiger partial charge in [0, 0.05) is 40.8 Å². The fraction of sp³-hybridized carbons (Fsp3) is 0.192. The second kappa shape index (κ2) is 13.1. The maximum atomic E-state index is 9.55. The van der Waals surface area contributed by atoms with Crippen LogP contribution in [0, 0.1) is 0 Å². The van der Waals surface area contributed by atoms with Crippen LogP contribution in [0.4, 0.5) is 5.69 Å². The van der Waals surface area contributed by atoms with E-state index in [1.807, 2.05) is 29.4 Å². The second-order valence-corrected chi connectivity index (χ2v) is 8.48. The van der Waals surface area contributed by atoms with Crippen LogP contribution in [-0.2, 0) is 16.1 Å². The van der Waals surface area contributed by atoms with Gasteiger partial charge >= 0.3 is 11.9 Å². The fourth-order valence-electron chi connectivity index (χ4n) is 3.45. The molecule has 4 rings (SSSR count). The number of hydrogen-bond donors (Lipinski definition) is 3. The van der Waals surface area contributed by atoms with Crippen LogP contribution in [0.1, 0.15) is 24.0 Å². The summed E-state index contributed by atoms with van der Waals surface area (Å²) < 4.78 is 12.9. The van der Waals surface area contributed by atoms with Crippen molar-refractivity contribution >= 4 is 39.6 Å². The normalized spacial score (nSPS) is 13.8. The molecule has 0 saturated carbocycles. The Kier molecular flexibility index (Phi) is 9.70. The van der Waals surface area contributed by atoms with E-state index in [1.54, 1.807) is 19.5 Å². The number of carboxylic acids is 2. The number of aliphatic carboxylic acids is 2. The maximum Gasteiger partial charge on any atom is 0.328 e. The van der Waals surface area contributed by atoms with Gasteiger partial charge in [-0.05, 0) is 48.3 Å². The summed E-state index contributed by atoms with van der Waals surface area (Å²) in [6, 6.07) is 5.84. The zero-order valence-corrected chi connectivity index (χ0v) is 21.1. The highest BCUT2D eigenvalue weighted by atomic mass is 79.9. The molecule has 2 heterocycles. The molecular formula is C26H26BrN3O6. The first-order chi connectivity index (χ1) is 17.4. The van der Waals surface area contributed by atoms with Crippen molar-refractivity contribution in [3.05, 3.63) is 88.3 Å². The molecule has 10 heteroatoms. The van der Waals surface area contributed by atoms with E-state index < -0.39 is 11.9 Å². The number of rotatable bonds is 8. The molecule has 0 radical (unpaired) electrons. The van der Waals surface area contributed by atoms with Crippen LogP contribution in [0.15, 0.2) is 77.2 Å². The summed E-state index contributed by atoms with van der Waals surface area (Å²) in [5.41, 5.74) is 7.75. The average Bonchev–Trinajstić information content (AvgIpc) is 2.88. The standard InChI is InChI=1S/C22H22BrN3O2.C4H4O4/c1-27-21-13-20(23)18-9-12-26(25-17-7-10-24-11-8-17)14-19(18)22(21)28-15-16-5-3-2-4-6-16;5-3(6)1-2-4(7)8/h3,5-13H,2,4,14-15H2,1H3,(H,24,25);1-2H,(H,5,6)(H,7,8). The highest BCUT2D eigenvalue weighted by Crippen LogP contribution is 2.41. The topological polar surface area (TPSA) is 121 Å². The largest absolute Gasteiger partial charge is 0.493 e. The zero-order chi connectivity index (χ0) is 25.9. The Morgan fingerprint density at radius 2 is 1.89 bits per heavy atom. The molecule has 0 atom stereocenters. The van der Waals surface area contributed by atoms with Gasteiger partial charge in [-0.1, -0.05) is 34.2 Å². The van der Waals surface area contributed by atoms with Gasteiger partial charge in [-0.25, -0.2) is 9.59 Å². The van der Waals surface area contributed by atoms with Gasteiger partial charge in [0.15, 0.2) is 11.5 Å². The van der Waals surface area contributed by atoms with Gasteiger partial charge in [0.2, 0.25) is 0 Å². The first-order valence-electron chi connectivity index (χ1n) is 11.0. The SMILES string of the molecule is COc1cc(Br)c2c(c1OCC1=CCCC=C1)CN(Nc1ccncc1)C=C2.O=C(O)C=CC(=O)O. The third-order valence-corrected chi connectivity index (χ3v) is 5.74. The third kappa shape index (κ3) is 7.74. The minimum Gasteiger partial charge on any atom is -0.493 e. The monoisotopic (exact) mass is 555 g/mol. The average molecular weight is 556 g/mol. The smallest absolute Gasteiger partial charge is 0.328 e. The lowest BCUT2D eigenvalue weighted by Gasteiger charge is -2.29. The van der Waals surface area contributed by atoms with Crippen LogP contribution in [0.5, 0.6) is 11.5 Å². The van der Waals surface area contributed by atoms with Crippen LogP contribution in [0.2, 0.25) is 0 Å². The maximum absolute atomic E-state index is 9.55. The number of carbonyl (C=O) groups is 2. The third-order valence-electron chi connectivity index (χ3n) is 5.08. The Balaban J connectivity index is 0.000000392. The molecule has 0 bridgehead atoms. The molecule has 0 amide bonds.